The number of hydrogen-bond donors (Lipinski definition) is 0. The van der Waals surface area contributed by atoms with Crippen molar-refractivity contribution in [1.29, 1.82) is 0 Å². The Hall–Kier alpha value is -2.48. The van der Waals surface area contributed by atoms with Gasteiger partial charge in [0.15, 0.2) is 0 Å². The Kier molecular flexibility index (Phi) is 2.49. The molecule has 2 nitrogen and oxygen atoms in total. The standard InChI is InChI=1S/C19H18N2/c1-13-5-4-6-16-12-21(14(2)19(13)16)17-7-8-18-15(11-17)9-10-20(18)3/h4-11H,2,12H2,1,3H3. The smallest absolute Gasteiger partial charge is 0.0488 e. The Bertz CT molecular complexity index is 870. The maximum absolute atomic E-state index is 4.32. The highest BCUT2D eigenvalue weighted by atomic mass is 15.2. The number of aryl methyl sites for hydroxylation is 2. The van der Waals surface area contributed by atoms with Crippen molar-refractivity contribution < 1.29 is 0 Å². The van der Waals surface area contributed by atoms with Crippen molar-refractivity contribution in [3.8, 4) is 0 Å². The first-order valence-electron chi connectivity index (χ1n) is 7.25. The van der Waals surface area contributed by atoms with Crippen LogP contribution in [0, 0.1) is 6.92 Å². The molecule has 0 unspecified atom stereocenters. The summed E-state index contributed by atoms with van der Waals surface area (Å²) in [6.07, 6.45) is 2.10. The topological polar surface area (TPSA) is 8.17 Å². The van der Waals surface area contributed by atoms with Gasteiger partial charge in [-0.1, -0.05) is 24.8 Å². The maximum Gasteiger partial charge on any atom is 0.0488 e. The number of hydrogen-bond acceptors (Lipinski definition) is 1. The van der Waals surface area contributed by atoms with Gasteiger partial charge in [0.05, 0.1) is 0 Å². The molecule has 2 aromatic carbocycles. The van der Waals surface area contributed by atoms with Gasteiger partial charge in [0, 0.05) is 47.6 Å². The highest BCUT2D eigenvalue weighted by Crippen LogP contribution is 2.38. The molecule has 4 rings (SSSR count). The van der Waals surface area contributed by atoms with E-state index in [9.17, 15) is 0 Å². The normalized spacial score (nSPS) is 14.0. The van der Waals surface area contributed by atoms with Crippen LogP contribution in [0.1, 0.15) is 16.7 Å². The Morgan fingerprint density at radius 2 is 1.95 bits per heavy atom. The molecule has 0 atom stereocenters. The molecule has 0 aliphatic carbocycles. The Morgan fingerprint density at radius 3 is 2.76 bits per heavy atom. The number of fused-ring (bicyclic) bond motifs is 2. The molecule has 104 valence electrons. The van der Waals surface area contributed by atoms with Gasteiger partial charge in [0.2, 0.25) is 0 Å². The molecular formula is C19H18N2. The van der Waals surface area contributed by atoms with Crippen molar-refractivity contribution in [3.63, 3.8) is 0 Å². The van der Waals surface area contributed by atoms with E-state index in [0.717, 1.165) is 12.2 Å². The van der Waals surface area contributed by atoms with E-state index in [-0.39, 0.29) is 0 Å². The number of anilines is 1. The van der Waals surface area contributed by atoms with E-state index in [2.05, 4.69) is 78.7 Å². The van der Waals surface area contributed by atoms with E-state index in [1.54, 1.807) is 0 Å². The molecule has 0 amide bonds. The summed E-state index contributed by atoms with van der Waals surface area (Å²) in [4.78, 5) is 2.31. The predicted octanol–water partition coefficient (Wildman–Crippen LogP) is 4.48. The maximum atomic E-state index is 4.32. The molecule has 0 bridgehead atoms. The molecule has 2 heterocycles. The lowest BCUT2D eigenvalue weighted by Crippen LogP contribution is -2.12. The highest BCUT2D eigenvalue weighted by molar-refractivity contribution is 5.90. The van der Waals surface area contributed by atoms with Crippen molar-refractivity contribution in [3.05, 3.63) is 71.9 Å². The fraction of sp³-hybridized carbons (Fsp3) is 0.158. The molecule has 2 heteroatoms. The lowest BCUT2D eigenvalue weighted by molar-refractivity contribution is 0.968. The van der Waals surface area contributed by atoms with E-state index in [4.69, 9.17) is 0 Å². The van der Waals surface area contributed by atoms with Crippen molar-refractivity contribution in [1.82, 2.24) is 4.57 Å². The van der Waals surface area contributed by atoms with Crippen molar-refractivity contribution >= 4 is 22.3 Å². The third-order valence-corrected chi connectivity index (χ3v) is 4.48. The molecule has 3 aromatic rings. The fourth-order valence-corrected chi connectivity index (χ4v) is 3.36. The van der Waals surface area contributed by atoms with Crippen LogP contribution in [0.3, 0.4) is 0 Å². The van der Waals surface area contributed by atoms with Crippen LogP contribution in [0.2, 0.25) is 0 Å². The zero-order valence-corrected chi connectivity index (χ0v) is 12.4. The first kappa shape index (κ1) is 12.3. The van der Waals surface area contributed by atoms with Crippen molar-refractivity contribution in [2.45, 2.75) is 13.5 Å². The minimum atomic E-state index is 0.911. The van der Waals surface area contributed by atoms with E-state index in [1.807, 2.05) is 0 Å². The monoisotopic (exact) mass is 274 g/mol. The van der Waals surface area contributed by atoms with Gasteiger partial charge < -0.3 is 9.47 Å². The van der Waals surface area contributed by atoms with Crippen molar-refractivity contribution in [2.24, 2.45) is 7.05 Å². The number of benzene rings is 2. The first-order valence-corrected chi connectivity index (χ1v) is 7.25. The van der Waals surface area contributed by atoms with Crippen LogP contribution in [-0.2, 0) is 13.6 Å². The van der Waals surface area contributed by atoms with Gasteiger partial charge >= 0.3 is 0 Å². The Balaban J connectivity index is 1.80. The summed E-state index contributed by atoms with van der Waals surface area (Å²) >= 11 is 0. The molecule has 1 aliphatic rings. The molecule has 21 heavy (non-hydrogen) atoms. The van der Waals surface area contributed by atoms with Crippen LogP contribution >= 0.6 is 0 Å². The van der Waals surface area contributed by atoms with Crippen molar-refractivity contribution in [2.75, 3.05) is 4.90 Å². The highest BCUT2D eigenvalue weighted by Gasteiger charge is 2.24. The largest absolute Gasteiger partial charge is 0.351 e. The first-order chi connectivity index (χ1) is 10.1. The van der Waals surface area contributed by atoms with E-state index >= 15 is 0 Å². The summed E-state index contributed by atoms with van der Waals surface area (Å²) in [6.45, 7) is 7.39. The quantitative estimate of drug-likeness (QED) is 0.635. The van der Waals surface area contributed by atoms with Crippen LogP contribution in [0.5, 0.6) is 0 Å². The van der Waals surface area contributed by atoms with E-state index < -0.39 is 0 Å². The third kappa shape index (κ3) is 1.72. The zero-order chi connectivity index (χ0) is 14.6. The van der Waals surface area contributed by atoms with E-state index in [1.165, 1.54) is 33.3 Å². The van der Waals surface area contributed by atoms with Gasteiger partial charge in [-0.25, -0.2) is 0 Å². The average molecular weight is 274 g/mol. The summed E-state index contributed by atoms with van der Waals surface area (Å²) in [6, 6.07) is 15.3. The summed E-state index contributed by atoms with van der Waals surface area (Å²) in [5.41, 5.74) is 7.57. The predicted molar refractivity (Wildman–Crippen MR) is 89.3 cm³/mol. The van der Waals surface area contributed by atoms with Crippen LogP contribution in [0.25, 0.3) is 16.6 Å². The van der Waals surface area contributed by atoms with Crippen LogP contribution in [-0.4, -0.2) is 4.57 Å². The van der Waals surface area contributed by atoms with Gasteiger partial charge in [-0.3, -0.25) is 0 Å². The molecular weight excluding hydrogens is 256 g/mol. The van der Waals surface area contributed by atoms with Gasteiger partial charge in [-0.2, -0.15) is 0 Å². The van der Waals surface area contributed by atoms with Gasteiger partial charge in [0.25, 0.3) is 0 Å². The van der Waals surface area contributed by atoms with Gasteiger partial charge in [0.1, 0.15) is 0 Å². The molecule has 0 fully saturated rings. The number of aromatic nitrogens is 1. The second-order valence-corrected chi connectivity index (χ2v) is 5.81. The lowest BCUT2D eigenvalue weighted by Gasteiger charge is -2.20. The van der Waals surface area contributed by atoms with Crippen LogP contribution in [0.15, 0.2) is 55.2 Å². The fourth-order valence-electron chi connectivity index (χ4n) is 3.36. The van der Waals surface area contributed by atoms with Crippen LogP contribution in [0.4, 0.5) is 5.69 Å². The second-order valence-electron chi connectivity index (χ2n) is 5.81. The average Bonchev–Trinajstić information content (AvgIpc) is 3.01. The Labute approximate surface area is 124 Å². The summed E-state index contributed by atoms with van der Waals surface area (Å²) in [5.74, 6) is 0. The van der Waals surface area contributed by atoms with E-state index in [0.29, 0.717) is 0 Å². The van der Waals surface area contributed by atoms with Gasteiger partial charge in [-0.05, 0) is 42.3 Å². The molecule has 0 N–H and O–H groups in total. The molecule has 0 saturated carbocycles. The van der Waals surface area contributed by atoms with Crippen LogP contribution < -0.4 is 4.90 Å². The summed E-state index contributed by atoms with van der Waals surface area (Å²) < 4.78 is 2.15. The number of rotatable bonds is 1. The second kappa shape index (κ2) is 4.26. The molecule has 0 spiro atoms. The number of nitrogens with zero attached hydrogens (tertiary/aromatic N) is 2. The third-order valence-electron chi connectivity index (χ3n) is 4.48. The summed E-state index contributed by atoms with van der Waals surface area (Å²) in [7, 11) is 2.08. The lowest BCUT2D eigenvalue weighted by atomic mass is 10.0. The molecule has 0 saturated heterocycles. The molecule has 0 radical (unpaired) electrons. The SMILES string of the molecule is C=C1c2c(C)cccc2CN1c1ccc2c(ccn2C)c1. The Morgan fingerprint density at radius 1 is 1.10 bits per heavy atom. The zero-order valence-electron chi connectivity index (χ0n) is 12.4. The summed E-state index contributed by atoms with van der Waals surface area (Å²) in [5, 5.41) is 1.27. The minimum absolute atomic E-state index is 0.911. The van der Waals surface area contributed by atoms with Gasteiger partial charge in [-0.15, -0.1) is 0 Å². The molecule has 1 aliphatic heterocycles. The minimum Gasteiger partial charge on any atom is -0.351 e. The molecule has 1 aromatic heterocycles.